The van der Waals surface area contributed by atoms with Gasteiger partial charge in [0, 0.05) is 10.2 Å². The summed E-state index contributed by atoms with van der Waals surface area (Å²) in [6.07, 6.45) is 0. The third kappa shape index (κ3) is 3.52. The van der Waals surface area contributed by atoms with Gasteiger partial charge in [-0.25, -0.2) is 0 Å². The molecule has 0 bridgehead atoms. The Bertz CT molecular complexity index is 614. The molecule has 0 saturated carbocycles. The summed E-state index contributed by atoms with van der Waals surface area (Å²) in [5.41, 5.74) is 1.12. The van der Waals surface area contributed by atoms with E-state index in [1.165, 1.54) is 0 Å². The predicted molar refractivity (Wildman–Crippen MR) is 84.7 cm³/mol. The Kier molecular flexibility index (Phi) is 5.04. The monoisotopic (exact) mass is 353 g/mol. The maximum absolute atomic E-state index is 12.2. The van der Waals surface area contributed by atoms with Crippen molar-refractivity contribution in [1.82, 2.24) is 0 Å². The fraction of sp³-hybridized carbons (Fsp3) is 0.133. The van der Waals surface area contributed by atoms with Crippen LogP contribution in [-0.4, -0.2) is 12.5 Å². The third-order valence-electron chi connectivity index (χ3n) is 2.62. The molecule has 0 atom stereocenters. The van der Waals surface area contributed by atoms with Crippen LogP contribution in [0, 0.1) is 0 Å². The van der Waals surface area contributed by atoms with Gasteiger partial charge in [-0.1, -0.05) is 17.7 Å². The summed E-state index contributed by atoms with van der Waals surface area (Å²) in [7, 11) is 0. The van der Waals surface area contributed by atoms with Crippen molar-refractivity contribution in [3.05, 3.63) is 57.5 Å². The van der Waals surface area contributed by atoms with Crippen LogP contribution >= 0.6 is 27.5 Å². The molecule has 20 heavy (non-hydrogen) atoms. The van der Waals surface area contributed by atoms with Crippen LogP contribution in [-0.2, 0) is 0 Å². The van der Waals surface area contributed by atoms with Crippen molar-refractivity contribution < 1.29 is 9.53 Å². The first kappa shape index (κ1) is 14.9. The molecule has 0 aliphatic heterocycles. The fourth-order valence-corrected chi connectivity index (χ4v) is 2.26. The van der Waals surface area contributed by atoms with Gasteiger partial charge in [-0.05, 0) is 59.3 Å². The highest BCUT2D eigenvalue weighted by atomic mass is 79.9. The molecule has 1 amide bonds. The van der Waals surface area contributed by atoms with Crippen molar-refractivity contribution in [2.24, 2.45) is 0 Å². The second kappa shape index (κ2) is 6.77. The van der Waals surface area contributed by atoms with E-state index in [1.807, 2.05) is 19.1 Å². The van der Waals surface area contributed by atoms with Gasteiger partial charge in [-0.15, -0.1) is 0 Å². The van der Waals surface area contributed by atoms with E-state index in [-0.39, 0.29) is 5.91 Å². The predicted octanol–water partition coefficient (Wildman–Crippen LogP) is 4.75. The van der Waals surface area contributed by atoms with Crippen molar-refractivity contribution >= 4 is 39.1 Å². The first-order chi connectivity index (χ1) is 9.61. The molecule has 2 aromatic carbocycles. The van der Waals surface area contributed by atoms with E-state index in [0.29, 0.717) is 27.4 Å². The third-order valence-corrected chi connectivity index (χ3v) is 3.92. The molecule has 0 radical (unpaired) electrons. The molecule has 0 aromatic heterocycles. The van der Waals surface area contributed by atoms with Gasteiger partial charge in [0.15, 0.2) is 0 Å². The van der Waals surface area contributed by atoms with Crippen molar-refractivity contribution in [3.63, 3.8) is 0 Å². The second-order valence-electron chi connectivity index (χ2n) is 4.01. The first-order valence-corrected chi connectivity index (χ1v) is 7.27. The zero-order valence-corrected chi connectivity index (χ0v) is 13.2. The van der Waals surface area contributed by atoms with Crippen LogP contribution < -0.4 is 10.1 Å². The molecule has 0 fully saturated rings. The average Bonchev–Trinajstić information content (AvgIpc) is 2.44. The minimum Gasteiger partial charge on any atom is -0.494 e. The maximum atomic E-state index is 12.2. The summed E-state index contributed by atoms with van der Waals surface area (Å²) in [6.45, 7) is 2.53. The van der Waals surface area contributed by atoms with Gasteiger partial charge in [-0.3, -0.25) is 4.79 Å². The lowest BCUT2D eigenvalue weighted by Gasteiger charge is -2.08. The molecule has 1 N–H and O–H groups in total. The number of anilines is 1. The molecule has 2 rings (SSSR count). The molecular formula is C15H13BrClNO2. The Balaban J connectivity index is 2.13. The highest BCUT2D eigenvalue weighted by Gasteiger charge is 2.12. The summed E-state index contributed by atoms with van der Waals surface area (Å²) >= 11 is 9.39. The number of rotatable bonds is 4. The van der Waals surface area contributed by atoms with Gasteiger partial charge in [0.1, 0.15) is 5.75 Å². The first-order valence-electron chi connectivity index (χ1n) is 6.10. The Morgan fingerprint density at radius 2 is 1.95 bits per heavy atom. The summed E-state index contributed by atoms with van der Waals surface area (Å²) in [6, 6.07) is 12.4. The van der Waals surface area contributed by atoms with Crippen LogP contribution in [0.5, 0.6) is 5.75 Å². The SMILES string of the molecule is CCOc1ccc(NC(=O)c2cccc(Br)c2Cl)cc1. The molecule has 0 unspecified atom stereocenters. The van der Waals surface area contributed by atoms with Gasteiger partial charge in [-0.2, -0.15) is 0 Å². The van der Waals surface area contributed by atoms with Crippen LogP contribution in [0.25, 0.3) is 0 Å². The number of benzene rings is 2. The van der Waals surface area contributed by atoms with E-state index < -0.39 is 0 Å². The minimum absolute atomic E-state index is 0.250. The van der Waals surface area contributed by atoms with Gasteiger partial charge < -0.3 is 10.1 Å². The number of ether oxygens (including phenoxy) is 1. The molecule has 0 saturated heterocycles. The lowest BCUT2D eigenvalue weighted by molar-refractivity contribution is 0.102. The molecule has 0 aliphatic carbocycles. The molecule has 3 nitrogen and oxygen atoms in total. The standard InChI is InChI=1S/C15H13BrClNO2/c1-2-20-11-8-6-10(7-9-11)18-15(19)12-4-3-5-13(16)14(12)17/h3-9H,2H2,1H3,(H,18,19). The van der Waals surface area contributed by atoms with E-state index in [2.05, 4.69) is 21.2 Å². The maximum Gasteiger partial charge on any atom is 0.257 e. The Morgan fingerprint density at radius 1 is 1.25 bits per heavy atom. The molecule has 5 heteroatoms. The number of amides is 1. The average molecular weight is 355 g/mol. The lowest BCUT2D eigenvalue weighted by Crippen LogP contribution is -2.12. The molecule has 0 heterocycles. The highest BCUT2D eigenvalue weighted by Crippen LogP contribution is 2.26. The number of nitrogens with one attached hydrogen (secondary N) is 1. The number of carbonyl (C=O) groups excluding carboxylic acids is 1. The van der Waals surface area contributed by atoms with E-state index in [0.717, 1.165) is 5.75 Å². The smallest absolute Gasteiger partial charge is 0.257 e. The second-order valence-corrected chi connectivity index (χ2v) is 5.25. The fourth-order valence-electron chi connectivity index (χ4n) is 1.68. The Morgan fingerprint density at radius 3 is 2.60 bits per heavy atom. The van der Waals surface area contributed by atoms with Crippen LogP contribution in [0.4, 0.5) is 5.69 Å². The number of hydrogen-bond donors (Lipinski definition) is 1. The molecular weight excluding hydrogens is 342 g/mol. The minimum atomic E-state index is -0.250. The van der Waals surface area contributed by atoms with Gasteiger partial charge in [0.05, 0.1) is 17.2 Å². The summed E-state index contributed by atoms with van der Waals surface area (Å²) < 4.78 is 6.04. The van der Waals surface area contributed by atoms with Crippen LogP contribution in [0.2, 0.25) is 5.02 Å². The zero-order chi connectivity index (χ0) is 14.5. The largest absolute Gasteiger partial charge is 0.494 e. The van der Waals surface area contributed by atoms with Crippen LogP contribution in [0.15, 0.2) is 46.9 Å². The topological polar surface area (TPSA) is 38.3 Å². The zero-order valence-electron chi connectivity index (χ0n) is 10.8. The molecule has 2 aromatic rings. The van der Waals surface area contributed by atoms with E-state index in [4.69, 9.17) is 16.3 Å². The van der Waals surface area contributed by atoms with E-state index in [1.54, 1.807) is 30.3 Å². The van der Waals surface area contributed by atoms with E-state index in [9.17, 15) is 4.79 Å². The Hall–Kier alpha value is -1.52. The van der Waals surface area contributed by atoms with Gasteiger partial charge in [0.25, 0.3) is 5.91 Å². The van der Waals surface area contributed by atoms with Crippen LogP contribution in [0.1, 0.15) is 17.3 Å². The van der Waals surface area contributed by atoms with Crippen molar-refractivity contribution in [3.8, 4) is 5.75 Å². The number of carbonyl (C=O) groups is 1. The number of hydrogen-bond acceptors (Lipinski definition) is 2. The van der Waals surface area contributed by atoms with Crippen molar-refractivity contribution in [2.75, 3.05) is 11.9 Å². The van der Waals surface area contributed by atoms with Gasteiger partial charge >= 0.3 is 0 Å². The Labute approximate surface area is 131 Å². The molecule has 0 spiro atoms. The van der Waals surface area contributed by atoms with Gasteiger partial charge in [0.2, 0.25) is 0 Å². The highest BCUT2D eigenvalue weighted by molar-refractivity contribution is 9.10. The van der Waals surface area contributed by atoms with Crippen LogP contribution in [0.3, 0.4) is 0 Å². The molecule has 0 aliphatic rings. The summed E-state index contributed by atoms with van der Waals surface area (Å²) in [5.74, 6) is 0.520. The van der Waals surface area contributed by atoms with E-state index >= 15 is 0 Å². The van der Waals surface area contributed by atoms with Crippen molar-refractivity contribution in [2.45, 2.75) is 6.92 Å². The number of halogens is 2. The lowest BCUT2D eigenvalue weighted by atomic mass is 10.2. The van der Waals surface area contributed by atoms with Crippen molar-refractivity contribution in [1.29, 1.82) is 0 Å². The molecule has 104 valence electrons. The quantitative estimate of drug-likeness (QED) is 0.860. The summed E-state index contributed by atoms with van der Waals surface area (Å²) in [4.78, 5) is 12.2. The summed E-state index contributed by atoms with van der Waals surface area (Å²) in [5, 5.41) is 3.19. The normalized spacial score (nSPS) is 10.2.